The van der Waals surface area contributed by atoms with Crippen LogP contribution < -0.4 is 5.73 Å². The molecule has 0 heterocycles. The second-order valence-electron chi connectivity index (χ2n) is 4.93. The van der Waals surface area contributed by atoms with Gasteiger partial charge in [0.1, 0.15) is 4.90 Å². The molecule has 21 heavy (non-hydrogen) atoms. The number of rotatable bonds is 8. The van der Waals surface area contributed by atoms with Crippen molar-refractivity contribution in [1.29, 1.82) is 0 Å². The Morgan fingerprint density at radius 1 is 1.19 bits per heavy atom. The zero-order valence-electron chi connectivity index (χ0n) is 12.4. The Morgan fingerprint density at radius 3 is 2.19 bits per heavy atom. The van der Waals surface area contributed by atoms with E-state index in [0.717, 1.165) is 31.7 Å². The highest BCUT2D eigenvalue weighted by atomic mass is 35.5. The third kappa shape index (κ3) is 4.56. The minimum atomic E-state index is -3.93. The maximum Gasteiger partial charge on any atom is 0.246 e. The van der Waals surface area contributed by atoms with Crippen molar-refractivity contribution in [2.45, 2.75) is 44.4 Å². The van der Waals surface area contributed by atoms with Crippen LogP contribution >= 0.6 is 11.6 Å². The SMILES string of the molecule is CCCCN(CCCC)S(=O)(=O)c1cc(N)cc(Cl)c1F. The average Bonchev–Trinajstić information content (AvgIpc) is 2.42. The zero-order chi connectivity index (χ0) is 16.0. The molecule has 0 aliphatic carbocycles. The monoisotopic (exact) mass is 336 g/mol. The van der Waals surface area contributed by atoms with Crippen LogP contribution in [0.5, 0.6) is 0 Å². The molecule has 0 radical (unpaired) electrons. The lowest BCUT2D eigenvalue weighted by Crippen LogP contribution is -2.33. The first kappa shape index (κ1) is 18.2. The van der Waals surface area contributed by atoms with E-state index in [-0.39, 0.29) is 10.7 Å². The van der Waals surface area contributed by atoms with E-state index in [1.807, 2.05) is 13.8 Å². The topological polar surface area (TPSA) is 63.4 Å². The van der Waals surface area contributed by atoms with Crippen molar-refractivity contribution in [3.63, 3.8) is 0 Å². The summed E-state index contributed by atoms with van der Waals surface area (Å²) < 4.78 is 40.7. The van der Waals surface area contributed by atoms with Crippen molar-refractivity contribution >= 4 is 27.3 Å². The lowest BCUT2D eigenvalue weighted by Gasteiger charge is -2.22. The Morgan fingerprint density at radius 2 is 1.71 bits per heavy atom. The lowest BCUT2D eigenvalue weighted by atomic mass is 10.3. The lowest BCUT2D eigenvalue weighted by molar-refractivity contribution is 0.392. The van der Waals surface area contributed by atoms with E-state index in [2.05, 4.69) is 0 Å². The van der Waals surface area contributed by atoms with E-state index in [9.17, 15) is 12.8 Å². The third-order valence-electron chi connectivity index (χ3n) is 3.16. The molecule has 4 nitrogen and oxygen atoms in total. The van der Waals surface area contributed by atoms with Crippen LogP contribution in [-0.2, 0) is 10.0 Å². The molecule has 0 unspecified atom stereocenters. The summed E-state index contributed by atoms with van der Waals surface area (Å²) in [7, 11) is -3.93. The maximum absolute atomic E-state index is 14.1. The van der Waals surface area contributed by atoms with E-state index >= 15 is 0 Å². The maximum atomic E-state index is 14.1. The minimum Gasteiger partial charge on any atom is -0.399 e. The van der Waals surface area contributed by atoms with Gasteiger partial charge < -0.3 is 5.73 Å². The van der Waals surface area contributed by atoms with Crippen molar-refractivity contribution in [1.82, 2.24) is 4.31 Å². The van der Waals surface area contributed by atoms with Gasteiger partial charge in [0.05, 0.1) is 5.02 Å². The zero-order valence-corrected chi connectivity index (χ0v) is 14.0. The number of benzene rings is 1. The predicted octanol–water partition coefficient (Wildman–Crippen LogP) is 3.65. The molecule has 7 heteroatoms. The molecule has 0 saturated heterocycles. The van der Waals surface area contributed by atoms with E-state index in [1.165, 1.54) is 10.4 Å². The summed E-state index contributed by atoms with van der Waals surface area (Å²) in [5.41, 5.74) is 5.72. The molecule has 120 valence electrons. The van der Waals surface area contributed by atoms with E-state index in [4.69, 9.17) is 17.3 Å². The predicted molar refractivity (Wildman–Crippen MR) is 84.4 cm³/mol. The summed E-state index contributed by atoms with van der Waals surface area (Å²) in [6.07, 6.45) is 3.16. The fraction of sp³-hybridized carbons (Fsp3) is 0.571. The number of sulfonamides is 1. The van der Waals surface area contributed by atoms with Gasteiger partial charge in [-0.25, -0.2) is 12.8 Å². The second-order valence-corrected chi connectivity index (χ2v) is 7.24. The summed E-state index contributed by atoms with van der Waals surface area (Å²) in [4.78, 5) is -0.445. The van der Waals surface area contributed by atoms with Crippen LogP contribution in [-0.4, -0.2) is 25.8 Å². The van der Waals surface area contributed by atoms with E-state index in [1.54, 1.807) is 0 Å². The van der Waals surface area contributed by atoms with Gasteiger partial charge >= 0.3 is 0 Å². The number of unbranched alkanes of at least 4 members (excludes halogenated alkanes) is 2. The summed E-state index contributed by atoms with van der Waals surface area (Å²) in [5.74, 6) is -0.941. The molecular weight excluding hydrogens is 315 g/mol. The van der Waals surface area contributed by atoms with Crippen LogP contribution in [0, 0.1) is 5.82 Å². The molecule has 0 atom stereocenters. The first-order valence-corrected chi connectivity index (χ1v) is 8.91. The highest BCUT2D eigenvalue weighted by Crippen LogP contribution is 2.28. The Hall–Kier alpha value is -0.850. The van der Waals surface area contributed by atoms with Crippen molar-refractivity contribution in [2.24, 2.45) is 0 Å². The highest BCUT2D eigenvalue weighted by molar-refractivity contribution is 7.89. The third-order valence-corrected chi connectivity index (χ3v) is 5.33. The van der Waals surface area contributed by atoms with E-state index < -0.39 is 20.7 Å². The molecule has 1 aromatic carbocycles. The number of nitrogens with two attached hydrogens (primary N) is 1. The number of hydrogen-bond acceptors (Lipinski definition) is 3. The van der Waals surface area contributed by atoms with Gasteiger partial charge in [-0.1, -0.05) is 38.3 Å². The smallest absolute Gasteiger partial charge is 0.246 e. The number of hydrogen-bond donors (Lipinski definition) is 1. The minimum absolute atomic E-state index is 0.130. The Labute approximate surface area is 131 Å². The van der Waals surface area contributed by atoms with Crippen LogP contribution in [0.2, 0.25) is 5.02 Å². The normalized spacial score (nSPS) is 12.0. The molecule has 1 aromatic rings. The van der Waals surface area contributed by atoms with Crippen LogP contribution in [0.25, 0.3) is 0 Å². The average molecular weight is 337 g/mol. The largest absolute Gasteiger partial charge is 0.399 e. The molecule has 0 spiro atoms. The van der Waals surface area contributed by atoms with Crippen LogP contribution in [0.1, 0.15) is 39.5 Å². The van der Waals surface area contributed by atoms with Crippen LogP contribution in [0.3, 0.4) is 0 Å². The van der Waals surface area contributed by atoms with Crippen molar-refractivity contribution in [3.05, 3.63) is 23.0 Å². The molecule has 0 fully saturated rings. The highest BCUT2D eigenvalue weighted by Gasteiger charge is 2.28. The second kappa shape index (κ2) is 7.96. The molecule has 1 rings (SSSR count). The first-order chi connectivity index (χ1) is 9.84. The molecule has 0 amide bonds. The summed E-state index contributed by atoms with van der Waals surface area (Å²) in [6.45, 7) is 4.68. The van der Waals surface area contributed by atoms with Crippen molar-refractivity contribution in [3.8, 4) is 0 Å². The molecule has 2 N–H and O–H groups in total. The Bertz CT molecular complexity index is 571. The molecule has 0 aliphatic rings. The number of nitrogen functional groups attached to an aromatic ring is 1. The van der Waals surface area contributed by atoms with Crippen LogP contribution in [0.15, 0.2) is 17.0 Å². The van der Waals surface area contributed by atoms with Gasteiger partial charge in [0.2, 0.25) is 10.0 Å². The summed E-state index contributed by atoms with van der Waals surface area (Å²) in [5, 5.41) is -0.278. The van der Waals surface area contributed by atoms with Gasteiger partial charge in [0.25, 0.3) is 0 Å². The van der Waals surface area contributed by atoms with Gasteiger partial charge in [-0.15, -0.1) is 0 Å². The quantitative estimate of drug-likeness (QED) is 0.737. The number of anilines is 1. The Balaban J connectivity index is 3.21. The van der Waals surface area contributed by atoms with Gasteiger partial charge in [-0.05, 0) is 25.0 Å². The fourth-order valence-corrected chi connectivity index (χ4v) is 3.85. The summed E-state index contributed by atoms with van der Waals surface area (Å²) >= 11 is 5.70. The van der Waals surface area contributed by atoms with Gasteiger partial charge in [0, 0.05) is 18.8 Å². The molecule has 0 saturated carbocycles. The Kier molecular flexibility index (Phi) is 6.90. The van der Waals surface area contributed by atoms with Crippen LogP contribution in [0.4, 0.5) is 10.1 Å². The molecular formula is C14H22ClFN2O2S. The number of nitrogens with zero attached hydrogens (tertiary/aromatic N) is 1. The van der Waals surface area contributed by atoms with E-state index in [0.29, 0.717) is 13.1 Å². The number of halogens is 2. The molecule has 0 bridgehead atoms. The first-order valence-electron chi connectivity index (χ1n) is 7.09. The van der Waals surface area contributed by atoms with Gasteiger partial charge in [0.15, 0.2) is 5.82 Å². The standard InChI is InChI=1S/C14H22ClFN2O2S/c1-3-5-7-18(8-6-4-2)21(19,20)13-10-11(17)9-12(15)14(13)16/h9-10H,3-8,17H2,1-2H3. The molecule has 0 aliphatic heterocycles. The van der Waals surface area contributed by atoms with Gasteiger partial charge in [-0.2, -0.15) is 4.31 Å². The van der Waals surface area contributed by atoms with Crippen molar-refractivity contribution in [2.75, 3.05) is 18.8 Å². The van der Waals surface area contributed by atoms with Crippen molar-refractivity contribution < 1.29 is 12.8 Å². The molecule has 0 aromatic heterocycles. The fourth-order valence-electron chi connectivity index (χ4n) is 1.93. The van der Waals surface area contributed by atoms with Gasteiger partial charge in [-0.3, -0.25) is 0 Å². The summed E-state index contributed by atoms with van der Waals surface area (Å²) in [6, 6.07) is 2.33.